The summed E-state index contributed by atoms with van der Waals surface area (Å²) in [6.45, 7) is 2.74. The lowest BCUT2D eigenvalue weighted by atomic mass is 10.1. The fourth-order valence-electron chi connectivity index (χ4n) is 1.18. The van der Waals surface area contributed by atoms with E-state index in [1.807, 2.05) is 0 Å². The number of aliphatic hydroxyl groups is 1. The molecule has 1 fully saturated rings. The van der Waals surface area contributed by atoms with Crippen molar-refractivity contribution in [2.24, 2.45) is 0 Å². The Bertz CT molecular complexity index is 86.5. The molecule has 2 N–H and O–H groups in total. The average Bonchev–Trinajstić information content (AvgIpc) is 2.03. The molecule has 4 heteroatoms. The molecule has 3 nitrogen and oxygen atoms in total. The molecule has 1 aliphatic heterocycles. The molecule has 0 amide bonds. The van der Waals surface area contributed by atoms with Crippen molar-refractivity contribution in [1.82, 2.24) is 5.32 Å². The lowest BCUT2D eigenvalue weighted by Gasteiger charge is -2.22. The Morgan fingerprint density at radius 2 is 2.00 bits per heavy atom. The van der Waals surface area contributed by atoms with Crippen LogP contribution < -0.4 is 5.32 Å². The van der Waals surface area contributed by atoms with Crippen LogP contribution in [0.5, 0.6) is 0 Å². The molecule has 68 valence electrons. The normalized spacial score (nSPS) is 19.4. The summed E-state index contributed by atoms with van der Waals surface area (Å²) in [5, 5.41) is 11.7. The van der Waals surface area contributed by atoms with Gasteiger partial charge in [-0.1, -0.05) is 0 Å². The summed E-state index contributed by atoms with van der Waals surface area (Å²) in [5.41, 5.74) is 0. The summed E-state index contributed by atoms with van der Waals surface area (Å²) < 4.78 is 5.34. The van der Waals surface area contributed by atoms with E-state index >= 15 is 0 Å². The Morgan fingerprint density at radius 3 is 2.55 bits per heavy atom. The van der Waals surface area contributed by atoms with Crippen LogP contribution in [0.15, 0.2) is 0 Å². The number of hydrogen-bond donors (Lipinski definition) is 2. The van der Waals surface area contributed by atoms with Crippen molar-refractivity contribution >= 4 is 17.0 Å². The molecule has 11 heavy (non-hydrogen) atoms. The van der Waals surface area contributed by atoms with E-state index in [2.05, 4.69) is 5.32 Å². The topological polar surface area (TPSA) is 41.5 Å². The second-order valence-electron chi connectivity index (χ2n) is 2.54. The van der Waals surface area contributed by atoms with Crippen LogP contribution in [0.3, 0.4) is 0 Å². The molecule has 0 radical (unpaired) electrons. The standard InChI is InChI=1S/C7H15NO2.BrH/c9-5-6-10-7-1-3-8-4-2-7;/h7-9H,1-6H2;1H. The molecule has 0 aromatic rings. The van der Waals surface area contributed by atoms with Gasteiger partial charge in [-0.3, -0.25) is 0 Å². The van der Waals surface area contributed by atoms with E-state index in [4.69, 9.17) is 9.84 Å². The predicted octanol–water partition coefficient (Wildman–Crippen LogP) is 0.325. The van der Waals surface area contributed by atoms with E-state index in [1.165, 1.54) is 0 Å². The van der Waals surface area contributed by atoms with Gasteiger partial charge >= 0.3 is 0 Å². The number of nitrogens with one attached hydrogen (secondary N) is 1. The minimum Gasteiger partial charge on any atom is -0.394 e. The van der Waals surface area contributed by atoms with Gasteiger partial charge in [0.25, 0.3) is 0 Å². The van der Waals surface area contributed by atoms with E-state index in [9.17, 15) is 0 Å². The van der Waals surface area contributed by atoms with Gasteiger partial charge in [-0.25, -0.2) is 0 Å². The zero-order chi connectivity index (χ0) is 7.23. The summed E-state index contributed by atoms with van der Waals surface area (Å²) in [6.07, 6.45) is 2.55. The van der Waals surface area contributed by atoms with E-state index in [0.717, 1.165) is 25.9 Å². The van der Waals surface area contributed by atoms with Gasteiger partial charge in [-0.05, 0) is 25.9 Å². The van der Waals surface area contributed by atoms with E-state index in [-0.39, 0.29) is 23.6 Å². The maximum Gasteiger partial charge on any atom is 0.0701 e. The monoisotopic (exact) mass is 225 g/mol. The van der Waals surface area contributed by atoms with Crippen molar-refractivity contribution in [2.45, 2.75) is 18.9 Å². The molecule has 1 heterocycles. The molecule has 0 saturated carbocycles. The zero-order valence-corrected chi connectivity index (χ0v) is 8.30. The first-order valence-electron chi connectivity index (χ1n) is 3.86. The van der Waals surface area contributed by atoms with Crippen molar-refractivity contribution in [3.05, 3.63) is 0 Å². The summed E-state index contributed by atoms with van der Waals surface area (Å²) in [7, 11) is 0. The van der Waals surface area contributed by atoms with Crippen molar-refractivity contribution in [3.8, 4) is 0 Å². The minimum atomic E-state index is 0. The SMILES string of the molecule is Br.OCCOC1CCNCC1. The van der Waals surface area contributed by atoms with E-state index in [1.54, 1.807) is 0 Å². The van der Waals surface area contributed by atoms with E-state index in [0.29, 0.717) is 12.7 Å². The molecule has 1 aliphatic rings. The highest BCUT2D eigenvalue weighted by atomic mass is 79.9. The van der Waals surface area contributed by atoms with Gasteiger partial charge in [0, 0.05) is 0 Å². The molecule has 0 atom stereocenters. The van der Waals surface area contributed by atoms with Crippen LogP contribution in [-0.2, 0) is 4.74 Å². The van der Waals surface area contributed by atoms with Gasteiger partial charge < -0.3 is 15.2 Å². The Labute approximate surface area is 77.9 Å². The van der Waals surface area contributed by atoms with Crippen LogP contribution >= 0.6 is 17.0 Å². The third-order valence-corrected chi connectivity index (χ3v) is 1.73. The Morgan fingerprint density at radius 1 is 1.36 bits per heavy atom. The predicted molar refractivity (Wildman–Crippen MR) is 49.3 cm³/mol. The summed E-state index contributed by atoms with van der Waals surface area (Å²) in [5.74, 6) is 0. The molecule has 0 spiro atoms. The molecule has 1 rings (SSSR count). The van der Waals surface area contributed by atoms with Gasteiger partial charge in [0.15, 0.2) is 0 Å². The van der Waals surface area contributed by atoms with Gasteiger partial charge in [-0.15, -0.1) is 17.0 Å². The Balaban J connectivity index is 0.000001000. The number of piperidine rings is 1. The fourth-order valence-corrected chi connectivity index (χ4v) is 1.18. The Kier molecular flexibility index (Phi) is 7.26. The lowest BCUT2D eigenvalue weighted by Crippen LogP contribution is -2.32. The van der Waals surface area contributed by atoms with Crippen molar-refractivity contribution in [2.75, 3.05) is 26.3 Å². The summed E-state index contributed by atoms with van der Waals surface area (Å²) in [6, 6.07) is 0. The molecule has 0 unspecified atom stereocenters. The first kappa shape index (κ1) is 11.4. The second-order valence-corrected chi connectivity index (χ2v) is 2.54. The highest BCUT2D eigenvalue weighted by Crippen LogP contribution is 2.05. The number of aliphatic hydroxyl groups excluding tert-OH is 1. The van der Waals surface area contributed by atoms with Crippen LogP contribution in [-0.4, -0.2) is 37.5 Å². The number of halogens is 1. The third kappa shape index (κ3) is 4.74. The van der Waals surface area contributed by atoms with Crippen LogP contribution in [0, 0.1) is 0 Å². The molecule has 0 aliphatic carbocycles. The number of hydrogen-bond acceptors (Lipinski definition) is 3. The quantitative estimate of drug-likeness (QED) is 0.728. The maximum atomic E-state index is 8.46. The highest BCUT2D eigenvalue weighted by Gasteiger charge is 2.11. The summed E-state index contributed by atoms with van der Waals surface area (Å²) >= 11 is 0. The average molecular weight is 226 g/mol. The number of rotatable bonds is 3. The van der Waals surface area contributed by atoms with Gasteiger partial charge in [0.05, 0.1) is 19.3 Å². The lowest BCUT2D eigenvalue weighted by molar-refractivity contribution is 0.0126. The molecule has 0 aromatic carbocycles. The second kappa shape index (κ2) is 7.03. The highest BCUT2D eigenvalue weighted by molar-refractivity contribution is 8.93. The van der Waals surface area contributed by atoms with Gasteiger partial charge in [0.2, 0.25) is 0 Å². The third-order valence-electron chi connectivity index (χ3n) is 1.73. The molecular weight excluding hydrogens is 210 g/mol. The van der Waals surface area contributed by atoms with Gasteiger partial charge in [0.1, 0.15) is 0 Å². The largest absolute Gasteiger partial charge is 0.394 e. The Hall–Kier alpha value is 0.360. The van der Waals surface area contributed by atoms with Crippen molar-refractivity contribution < 1.29 is 9.84 Å². The van der Waals surface area contributed by atoms with Crippen LogP contribution in [0.25, 0.3) is 0 Å². The van der Waals surface area contributed by atoms with Gasteiger partial charge in [-0.2, -0.15) is 0 Å². The molecule has 1 saturated heterocycles. The summed E-state index contributed by atoms with van der Waals surface area (Å²) in [4.78, 5) is 0. The van der Waals surface area contributed by atoms with E-state index < -0.39 is 0 Å². The smallest absolute Gasteiger partial charge is 0.0701 e. The van der Waals surface area contributed by atoms with Crippen LogP contribution in [0.1, 0.15) is 12.8 Å². The number of ether oxygens (including phenoxy) is 1. The zero-order valence-electron chi connectivity index (χ0n) is 6.58. The minimum absolute atomic E-state index is 0. The molecular formula is C7H16BrNO2. The molecule has 0 bridgehead atoms. The van der Waals surface area contributed by atoms with Crippen LogP contribution in [0.2, 0.25) is 0 Å². The fraction of sp³-hybridized carbons (Fsp3) is 1.00. The van der Waals surface area contributed by atoms with Crippen molar-refractivity contribution in [1.29, 1.82) is 0 Å². The van der Waals surface area contributed by atoms with Crippen molar-refractivity contribution in [3.63, 3.8) is 0 Å². The molecule has 0 aromatic heterocycles. The first-order chi connectivity index (χ1) is 4.93. The first-order valence-corrected chi connectivity index (χ1v) is 3.86. The van der Waals surface area contributed by atoms with Crippen LogP contribution in [0.4, 0.5) is 0 Å². The maximum absolute atomic E-state index is 8.46.